The second kappa shape index (κ2) is 7.28. The van der Waals surface area contributed by atoms with Crippen molar-refractivity contribution in [1.29, 1.82) is 0 Å². The molecule has 1 aromatic carbocycles. The molecule has 21 heavy (non-hydrogen) atoms. The van der Waals surface area contributed by atoms with Crippen molar-refractivity contribution < 1.29 is 14.3 Å². The summed E-state index contributed by atoms with van der Waals surface area (Å²) in [4.78, 5) is 25.2. The fourth-order valence-electron chi connectivity index (χ4n) is 2.28. The molecule has 6 nitrogen and oxygen atoms in total. The zero-order chi connectivity index (χ0) is 15.2. The van der Waals surface area contributed by atoms with E-state index in [4.69, 9.17) is 22.1 Å². The SMILES string of the molecule is NC(=O)NC(CC(=O)N1CCOCC1)c1ccccc1Cl. The number of benzene rings is 1. The van der Waals surface area contributed by atoms with Crippen LogP contribution in [-0.2, 0) is 9.53 Å². The van der Waals surface area contributed by atoms with Crippen LogP contribution in [0.2, 0.25) is 5.02 Å². The van der Waals surface area contributed by atoms with Crippen molar-refractivity contribution in [2.45, 2.75) is 12.5 Å². The summed E-state index contributed by atoms with van der Waals surface area (Å²) in [5.74, 6) is -0.0584. The van der Waals surface area contributed by atoms with Gasteiger partial charge in [-0.15, -0.1) is 0 Å². The van der Waals surface area contributed by atoms with Gasteiger partial charge in [0, 0.05) is 18.1 Å². The minimum Gasteiger partial charge on any atom is -0.378 e. The van der Waals surface area contributed by atoms with Crippen molar-refractivity contribution >= 4 is 23.5 Å². The summed E-state index contributed by atoms with van der Waals surface area (Å²) in [6.07, 6.45) is 0.118. The van der Waals surface area contributed by atoms with Crippen molar-refractivity contribution in [3.8, 4) is 0 Å². The molecule has 1 saturated heterocycles. The number of nitrogens with zero attached hydrogens (tertiary/aromatic N) is 1. The number of hydrogen-bond donors (Lipinski definition) is 2. The molecule has 1 aliphatic heterocycles. The van der Waals surface area contributed by atoms with E-state index in [0.29, 0.717) is 36.9 Å². The lowest BCUT2D eigenvalue weighted by atomic mass is 10.0. The van der Waals surface area contributed by atoms with E-state index < -0.39 is 12.1 Å². The molecule has 0 aromatic heterocycles. The Morgan fingerprint density at radius 1 is 1.33 bits per heavy atom. The summed E-state index contributed by atoms with van der Waals surface area (Å²) in [6.45, 7) is 2.19. The van der Waals surface area contributed by atoms with Crippen LogP contribution in [0.25, 0.3) is 0 Å². The van der Waals surface area contributed by atoms with Gasteiger partial charge < -0.3 is 20.7 Å². The third kappa shape index (κ3) is 4.34. The van der Waals surface area contributed by atoms with E-state index in [2.05, 4.69) is 5.32 Å². The first-order valence-corrected chi connectivity index (χ1v) is 7.11. The fourth-order valence-corrected chi connectivity index (χ4v) is 2.55. The molecule has 2 rings (SSSR count). The van der Waals surface area contributed by atoms with Crippen molar-refractivity contribution in [1.82, 2.24) is 10.2 Å². The number of ether oxygens (including phenoxy) is 1. The predicted molar refractivity (Wildman–Crippen MR) is 78.9 cm³/mol. The lowest BCUT2D eigenvalue weighted by Crippen LogP contribution is -2.43. The van der Waals surface area contributed by atoms with Crippen LogP contribution >= 0.6 is 11.6 Å². The summed E-state index contributed by atoms with van der Waals surface area (Å²) in [7, 11) is 0. The normalized spacial score (nSPS) is 16.3. The number of hydrogen-bond acceptors (Lipinski definition) is 3. The second-order valence-electron chi connectivity index (χ2n) is 4.78. The summed E-state index contributed by atoms with van der Waals surface area (Å²) in [5, 5.41) is 3.07. The molecule has 0 spiro atoms. The quantitative estimate of drug-likeness (QED) is 0.879. The molecule has 0 radical (unpaired) electrons. The summed E-state index contributed by atoms with van der Waals surface area (Å²) < 4.78 is 5.22. The maximum absolute atomic E-state index is 12.3. The molecule has 7 heteroatoms. The molecule has 1 aliphatic rings. The maximum atomic E-state index is 12.3. The lowest BCUT2D eigenvalue weighted by molar-refractivity contribution is -0.135. The van der Waals surface area contributed by atoms with Gasteiger partial charge in [0.1, 0.15) is 0 Å². The smallest absolute Gasteiger partial charge is 0.312 e. The summed E-state index contributed by atoms with van der Waals surface area (Å²) in [6, 6.07) is 5.86. The molecule has 3 N–H and O–H groups in total. The number of rotatable bonds is 4. The Hall–Kier alpha value is -1.79. The molecule has 1 unspecified atom stereocenters. The van der Waals surface area contributed by atoms with E-state index in [0.717, 1.165) is 0 Å². The van der Waals surface area contributed by atoms with Crippen molar-refractivity contribution in [3.63, 3.8) is 0 Å². The van der Waals surface area contributed by atoms with Gasteiger partial charge in [-0.3, -0.25) is 4.79 Å². The molecule has 0 aliphatic carbocycles. The highest BCUT2D eigenvalue weighted by atomic mass is 35.5. The van der Waals surface area contributed by atoms with E-state index in [9.17, 15) is 9.59 Å². The zero-order valence-electron chi connectivity index (χ0n) is 11.5. The minimum absolute atomic E-state index is 0.0584. The lowest BCUT2D eigenvalue weighted by Gasteiger charge is -2.29. The largest absolute Gasteiger partial charge is 0.378 e. The van der Waals surface area contributed by atoms with E-state index in [-0.39, 0.29) is 12.3 Å². The zero-order valence-corrected chi connectivity index (χ0v) is 12.3. The second-order valence-corrected chi connectivity index (χ2v) is 5.19. The van der Waals surface area contributed by atoms with Crippen LogP contribution in [0.5, 0.6) is 0 Å². The Bertz CT molecular complexity index is 518. The molecular formula is C14H18ClN3O3. The Labute approximate surface area is 128 Å². The molecule has 1 aromatic rings. The fraction of sp³-hybridized carbons (Fsp3) is 0.429. The maximum Gasteiger partial charge on any atom is 0.312 e. The number of carbonyl (C=O) groups excluding carboxylic acids is 2. The highest BCUT2D eigenvalue weighted by Crippen LogP contribution is 2.25. The molecule has 0 bridgehead atoms. The highest BCUT2D eigenvalue weighted by molar-refractivity contribution is 6.31. The Morgan fingerprint density at radius 2 is 2.00 bits per heavy atom. The van der Waals surface area contributed by atoms with Gasteiger partial charge in [0.2, 0.25) is 5.91 Å². The molecule has 0 saturated carbocycles. The number of carbonyl (C=O) groups is 2. The van der Waals surface area contributed by atoms with Crippen molar-refractivity contribution in [2.24, 2.45) is 5.73 Å². The van der Waals surface area contributed by atoms with Crippen molar-refractivity contribution in [3.05, 3.63) is 34.9 Å². The van der Waals surface area contributed by atoms with E-state index in [1.54, 1.807) is 29.2 Å². The number of nitrogens with two attached hydrogens (primary N) is 1. The van der Waals surface area contributed by atoms with Gasteiger partial charge in [-0.05, 0) is 11.6 Å². The van der Waals surface area contributed by atoms with Gasteiger partial charge in [-0.25, -0.2) is 4.79 Å². The number of morpholine rings is 1. The Kier molecular flexibility index (Phi) is 5.41. The third-order valence-electron chi connectivity index (χ3n) is 3.34. The van der Waals surface area contributed by atoms with Crippen LogP contribution in [0, 0.1) is 0 Å². The average Bonchev–Trinajstić information content (AvgIpc) is 2.47. The van der Waals surface area contributed by atoms with Gasteiger partial charge >= 0.3 is 6.03 Å². The Morgan fingerprint density at radius 3 is 2.62 bits per heavy atom. The monoisotopic (exact) mass is 311 g/mol. The van der Waals surface area contributed by atoms with E-state index in [1.807, 2.05) is 0 Å². The van der Waals surface area contributed by atoms with Gasteiger partial charge in [0.25, 0.3) is 0 Å². The van der Waals surface area contributed by atoms with E-state index >= 15 is 0 Å². The molecular weight excluding hydrogens is 294 g/mol. The first-order chi connectivity index (χ1) is 10.1. The van der Waals surface area contributed by atoms with Gasteiger partial charge in [0.15, 0.2) is 0 Å². The van der Waals surface area contributed by atoms with Crippen LogP contribution in [0.15, 0.2) is 24.3 Å². The number of primary amides is 1. The van der Waals surface area contributed by atoms with Crippen LogP contribution < -0.4 is 11.1 Å². The van der Waals surface area contributed by atoms with Gasteiger partial charge in [-0.1, -0.05) is 29.8 Å². The highest BCUT2D eigenvalue weighted by Gasteiger charge is 2.24. The summed E-state index contributed by atoms with van der Waals surface area (Å²) >= 11 is 6.13. The van der Waals surface area contributed by atoms with Gasteiger partial charge in [0.05, 0.1) is 25.7 Å². The number of nitrogens with one attached hydrogen (secondary N) is 1. The third-order valence-corrected chi connectivity index (χ3v) is 3.68. The number of amides is 3. The Balaban J connectivity index is 2.11. The topological polar surface area (TPSA) is 84.7 Å². The molecule has 3 amide bonds. The number of halogens is 1. The molecule has 114 valence electrons. The van der Waals surface area contributed by atoms with Crippen LogP contribution in [0.4, 0.5) is 4.79 Å². The van der Waals surface area contributed by atoms with Crippen LogP contribution in [-0.4, -0.2) is 43.1 Å². The predicted octanol–water partition coefficient (Wildman–Crippen LogP) is 1.30. The standard InChI is InChI=1S/C14H18ClN3O3/c15-11-4-2-1-3-10(11)12(17-14(16)20)9-13(19)18-5-7-21-8-6-18/h1-4,12H,5-9H2,(H3,16,17,20). The minimum atomic E-state index is -0.685. The first kappa shape index (κ1) is 15.6. The first-order valence-electron chi connectivity index (χ1n) is 6.74. The van der Waals surface area contributed by atoms with Crippen LogP contribution in [0.3, 0.4) is 0 Å². The van der Waals surface area contributed by atoms with Gasteiger partial charge in [-0.2, -0.15) is 0 Å². The molecule has 1 heterocycles. The van der Waals surface area contributed by atoms with E-state index in [1.165, 1.54) is 0 Å². The van der Waals surface area contributed by atoms with Crippen molar-refractivity contribution in [2.75, 3.05) is 26.3 Å². The average molecular weight is 312 g/mol. The summed E-state index contributed by atoms with van der Waals surface area (Å²) in [5.41, 5.74) is 5.88. The molecule has 1 fully saturated rings. The van der Waals surface area contributed by atoms with Crippen LogP contribution in [0.1, 0.15) is 18.0 Å². The molecule has 1 atom stereocenters. The number of urea groups is 1.